The van der Waals surface area contributed by atoms with E-state index in [-0.39, 0.29) is 29.1 Å². The van der Waals surface area contributed by atoms with Crippen molar-refractivity contribution in [3.8, 4) is 0 Å². The highest BCUT2D eigenvalue weighted by molar-refractivity contribution is 8.02. The fraction of sp³-hybridized carbons (Fsp3) is 0.609. The molecule has 3 aliphatic rings. The fourth-order valence-corrected chi connectivity index (χ4v) is 8.19. The summed E-state index contributed by atoms with van der Waals surface area (Å²) in [6.07, 6.45) is 1.91. The van der Waals surface area contributed by atoms with Gasteiger partial charge >= 0.3 is 0 Å². The van der Waals surface area contributed by atoms with Crippen LogP contribution >= 0.6 is 11.8 Å². The Hall–Kier alpha value is -2.06. The molecule has 0 radical (unpaired) electrons. The molecule has 8 heteroatoms. The average molecular weight is 446 g/mol. The van der Waals surface area contributed by atoms with E-state index in [1.165, 1.54) is 0 Å². The summed E-state index contributed by atoms with van der Waals surface area (Å²) >= 11 is 1.65. The molecule has 31 heavy (non-hydrogen) atoms. The molecule has 1 aromatic rings. The third-order valence-corrected chi connectivity index (χ3v) is 9.25. The largest absolute Gasteiger partial charge is 0.396 e. The van der Waals surface area contributed by atoms with Crippen molar-refractivity contribution in [2.24, 2.45) is 11.8 Å². The number of hydrogen-bond donors (Lipinski definition) is 3. The van der Waals surface area contributed by atoms with Gasteiger partial charge in [-0.3, -0.25) is 14.4 Å². The first-order valence-corrected chi connectivity index (χ1v) is 11.7. The topological polar surface area (TPSA) is 98.7 Å². The zero-order chi connectivity index (χ0) is 22.6. The number of benzene rings is 1. The molecule has 2 unspecified atom stereocenters. The molecule has 7 nitrogen and oxygen atoms in total. The second-order valence-electron chi connectivity index (χ2n) is 9.26. The predicted octanol–water partition coefficient (Wildman–Crippen LogP) is 1.85. The quantitative estimate of drug-likeness (QED) is 0.621. The number of carbonyl (C=O) groups is 3. The molecule has 168 valence electrons. The van der Waals surface area contributed by atoms with Gasteiger partial charge in [0.05, 0.1) is 16.6 Å². The average Bonchev–Trinajstić information content (AvgIpc) is 3.29. The zero-order valence-corrected chi connectivity index (χ0v) is 19.3. The summed E-state index contributed by atoms with van der Waals surface area (Å²) in [5.41, 5.74) is 2.74. The van der Waals surface area contributed by atoms with E-state index < -0.39 is 22.6 Å². The second-order valence-corrected chi connectivity index (χ2v) is 11.2. The number of thioether (sulfide) groups is 1. The lowest BCUT2D eigenvalue weighted by Crippen LogP contribution is -2.52. The summed E-state index contributed by atoms with van der Waals surface area (Å²) in [7, 11) is 1.60. The number of rotatable bonds is 6. The number of amides is 3. The summed E-state index contributed by atoms with van der Waals surface area (Å²) in [5.74, 6) is -1.47. The van der Waals surface area contributed by atoms with Gasteiger partial charge in [-0.25, -0.2) is 0 Å². The van der Waals surface area contributed by atoms with Crippen LogP contribution in [0.15, 0.2) is 18.2 Å². The van der Waals surface area contributed by atoms with E-state index >= 15 is 0 Å². The van der Waals surface area contributed by atoms with E-state index in [1.807, 2.05) is 32.0 Å². The molecule has 0 saturated carbocycles. The Kier molecular flexibility index (Phi) is 5.58. The molecule has 2 bridgehead atoms. The third kappa shape index (κ3) is 3.26. The lowest BCUT2D eigenvalue weighted by molar-refractivity contribution is -0.140. The molecular formula is C23H31N3O4S. The zero-order valence-electron chi connectivity index (χ0n) is 18.5. The normalized spacial score (nSPS) is 33.5. The van der Waals surface area contributed by atoms with Crippen LogP contribution in [-0.2, 0) is 14.4 Å². The molecule has 3 heterocycles. The Labute approximate surface area is 187 Å². The summed E-state index contributed by atoms with van der Waals surface area (Å²) in [6.45, 7) is 6.21. The number of likely N-dealkylation sites (tertiary alicyclic amines) is 1. The van der Waals surface area contributed by atoms with Gasteiger partial charge in [0.1, 0.15) is 6.04 Å². The molecule has 1 spiro atoms. The van der Waals surface area contributed by atoms with Crippen LogP contribution in [0.1, 0.15) is 37.3 Å². The van der Waals surface area contributed by atoms with Crippen molar-refractivity contribution in [3.05, 3.63) is 29.3 Å². The van der Waals surface area contributed by atoms with Crippen LogP contribution in [0.25, 0.3) is 0 Å². The number of fused-ring (bicyclic) bond motifs is 1. The molecule has 4 rings (SSSR count). The molecule has 3 fully saturated rings. The van der Waals surface area contributed by atoms with Crippen LogP contribution in [0.3, 0.4) is 0 Å². The first-order chi connectivity index (χ1) is 14.7. The van der Waals surface area contributed by atoms with Crippen LogP contribution < -0.4 is 10.6 Å². The van der Waals surface area contributed by atoms with Gasteiger partial charge in [0.2, 0.25) is 17.7 Å². The van der Waals surface area contributed by atoms with Gasteiger partial charge < -0.3 is 20.6 Å². The van der Waals surface area contributed by atoms with E-state index in [9.17, 15) is 19.5 Å². The smallest absolute Gasteiger partial charge is 0.248 e. The van der Waals surface area contributed by atoms with E-state index in [0.29, 0.717) is 13.0 Å². The van der Waals surface area contributed by atoms with Crippen LogP contribution in [0.5, 0.6) is 0 Å². The maximum absolute atomic E-state index is 13.7. The number of nitrogens with one attached hydrogen (secondary N) is 2. The standard InChI is InChI=1S/C23H31N3O4S/c1-13-6-7-14(2)15(12-13)25-20(29)18-23-9-8-22(3,31-23)16(19(28)24-4)17(23)21(30)26(18)10-5-11-27/h6-7,12,16-18,27H,5,8-11H2,1-4H3,(H,24,28)(H,25,29)/t16-,17+,18?,22+,23?/m1/s1. The maximum atomic E-state index is 13.7. The van der Waals surface area contributed by atoms with Crippen LogP contribution in [0.4, 0.5) is 5.69 Å². The third-order valence-electron chi connectivity index (χ3n) is 7.26. The molecule has 5 atom stereocenters. The van der Waals surface area contributed by atoms with Crippen molar-refractivity contribution in [1.29, 1.82) is 0 Å². The number of hydrogen-bond acceptors (Lipinski definition) is 5. The summed E-state index contributed by atoms with van der Waals surface area (Å²) in [4.78, 5) is 41.8. The van der Waals surface area contributed by atoms with E-state index in [4.69, 9.17) is 0 Å². The van der Waals surface area contributed by atoms with Crippen molar-refractivity contribution in [1.82, 2.24) is 10.2 Å². The second kappa shape index (κ2) is 7.81. The Balaban J connectivity index is 1.74. The summed E-state index contributed by atoms with van der Waals surface area (Å²) in [6, 6.07) is 5.23. The minimum Gasteiger partial charge on any atom is -0.396 e. The highest BCUT2D eigenvalue weighted by Gasteiger charge is 2.76. The van der Waals surface area contributed by atoms with Crippen molar-refractivity contribution in [2.45, 2.75) is 55.6 Å². The highest BCUT2D eigenvalue weighted by Crippen LogP contribution is 2.71. The summed E-state index contributed by atoms with van der Waals surface area (Å²) < 4.78 is -0.985. The Bertz CT molecular complexity index is 937. The fourth-order valence-electron chi connectivity index (χ4n) is 5.84. The minimum absolute atomic E-state index is 0.0590. The molecule has 3 amide bonds. The van der Waals surface area contributed by atoms with E-state index in [2.05, 4.69) is 17.6 Å². The Morgan fingerprint density at radius 2 is 2.00 bits per heavy atom. The Morgan fingerprint density at radius 3 is 2.68 bits per heavy atom. The SMILES string of the molecule is CNC(=O)[C@H]1[C@H]2C(=O)N(CCCO)C(C(=O)Nc3cc(C)ccc3C)C23CC[C@]1(C)S3. The molecular weight excluding hydrogens is 414 g/mol. The number of nitrogens with zero attached hydrogens (tertiary/aromatic N) is 1. The van der Waals surface area contributed by atoms with Crippen molar-refractivity contribution in [3.63, 3.8) is 0 Å². The van der Waals surface area contributed by atoms with Crippen molar-refractivity contribution in [2.75, 3.05) is 25.5 Å². The lowest BCUT2D eigenvalue weighted by atomic mass is 9.66. The van der Waals surface area contributed by atoms with Gasteiger partial charge in [-0.05, 0) is 57.2 Å². The van der Waals surface area contributed by atoms with Gasteiger partial charge in [0.25, 0.3) is 0 Å². The van der Waals surface area contributed by atoms with Gasteiger partial charge in [-0.15, -0.1) is 11.8 Å². The Morgan fingerprint density at radius 1 is 1.26 bits per heavy atom. The maximum Gasteiger partial charge on any atom is 0.248 e. The first-order valence-electron chi connectivity index (χ1n) is 10.9. The van der Waals surface area contributed by atoms with E-state index in [0.717, 1.165) is 29.7 Å². The van der Waals surface area contributed by atoms with Gasteiger partial charge in [0.15, 0.2) is 0 Å². The number of aliphatic hydroxyl groups excluding tert-OH is 1. The highest BCUT2D eigenvalue weighted by atomic mass is 32.2. The molecule has 1 aromatic carbocycles. The van der Waals surface area contributed by atoms with Crippen molar-refractivity contribution < 1.29 is 19.5 Å². The lowest BCUT2D eigenvalue weighted by Gasteiger charge is -2.34. The van der Waals surface area contributed by atoms with Gasteiger partial charge in [0, 0.05) is 30.6 Å². The summed E-state index contributed by atoms with van der Waals surface area (Å²) in [5, 5.41) is 15.2. The van der Waals surface area contributed by atoms with Crippen LogP contribution in [-0.4, -0.2) is 63.5 Å². The number of aliphatic hydroxyl groups is 1. The van der Waals surface area contributed by atoms with Gasteiger partial charge in [-0.2, -0.15) is 0 Å². The molecule has 3 saturated heterocycles. The number of carbonyl (C=O) groups excluding carboxylic acids is 3. The minimum atomic E-state index is -0.669. The first kappa shape index (κ1) is 22.1. The van der Waals surface area contributed by atoms with Crippen molar-refractivity contribution >= 4 is 35.2 Å². The molecule has 0 aromatic heterocycles. The monoisotopic (exact) mass is 445 g/mol. The van der Waals surface area contributed by atoms with Crippen LogP contribution in [0, 0.1) is 25.7 Å². The predicted molar refractivity (Wildman–Crippen MR) is 121 cm³/mol. The molecule has 3 aliphatic heterocycles. The molecule has 0 aliphatic carbocycles. The van der Waals surface area contributed by atoms with Crippen LogP contribution in [0.2, 0.25) is 0 Å². The molecule has 3 N–H and O–H groups in total. The number of aryl methyl sites for hydroxylation is 2. The van der Waals surface area contributed by atoms with E-state index in [1.54, 1.807) is 23.7 Å². The van der Waals surface area contributed by atoms with Gasteiger partial charge in [-0.1, -0.05) is 12.1 Å². The number of anilines is 1.